The van der Waals surface area contributed by atoms with Gasteiger partial charge >= 0.3 is 0 Å². The first-order valence-electron chi connectivity index (χ1n) is 8.65. The zero-order valence-electron chi connectivity index (χ0n) is 14.5. The number of aromatic hydroxyl groups is 1. The van der Waals surface area contributed by atoms with Crippen molar-refractivity contribution in [2.45, 2.75) is 13.0 Å². The van der Waals surface area contributed by atoms with Gasteiger partial charge in [0.1, 0.15) is 5.75 Å². The van der Waals surface area contributed by atoms with Gasteiger partial charge in [0.05, 0.1) is 23.6 Å². The van der Waals surface area contributed by atoms with Crippen molar-refractivity contribution in [2.75, 3.05) is 0 Å². The van der Waals surface area contributed by atoms with E-state index in [0.29, 0.717) is 12.1 Å². The number of benzene rings is 3. The zero-order chi connectivity index (χ0) is 18.6. The van der Waals surface area contributed by atoms with Crippen LogP contribution in [0, 0.1) is 0 Å². The van der Waals surface area contributed by atoms with Gasteiger partial charge in [-0.25, -0.2) is 10.4 Å². The Morgan fingerprint density at radius 1 is 1.11 bits per heavy atom. The first kappa shape index (κ1) is 16.8. The molecule has 2 N–H and O–H groups in total. The molecule has 0 bridgehead atoms. The minimum atomic E-state index is -0.205. The van der Waals surface area contributed by atoms with Gasteiger partial charge in [0.25, 0.3) is 0 Å². The summed E-state index contributed by atoms with van der Waals surface area (Å²) in [5.41, 5.74) is 5.00. The lowest BCUT2D eigenvalue weighted by molar-refractivity contribution is -0.121. The van der Waals surface area contributed by atoms with E-state index in [-0.39, 0.29) is 18.1 Å². The number of hydrogen-bond acceptors (Lipinski definition) is 4. The highest BCUT2D eigenvalue weighted by molar-refractivity contribution is 6.02. The van der Waals surface area contributed by atoms with Crippen LogP contribution in [0.1, 0.15) is 12.0 Å². The van der Waals surface area contributed by atoms with Crippen LogP contribution in [0.15, 0.2) is 72.1 Å². The predicted molar refractivity (Wildman–Crippen MR) is 106 cm³/mol. The third-order valence-electron chi connectivity index (χ3n) is 4.44. The maximum Gasteiger partial charge on any atom is 0.241 e. The molecule has 0 unspecified atom stereocenters. The van der Waals surface area contributed by atoms with Crippen LogP contribution in [0.5, 0.6) is 5.75 Å². The number of imidazole rings is 1. The molecule has 6 nitrogen and oxygen atoms in total. The smallest absolute Gasteiger partial charge is 0.241 e. The summed E-state index contributed by atoms with van der Waals surface area (Å²) in [6, 6.07) is 18.9. The van der Waals surface area contributed by atoms with Crippen molar-refractivity contribution in [3.63, 3.8) is 0 Å². The second-order valence-electron chi connectivity index (χ2n) is 6.19. The van der Waals surface area contributed by atoms with Crippen molar-refractivity contribution in [1.82, 2.24) is 15.0 Å². The van der Waals surface area contributed by atoms with Crippen molar-refractivity contribution in [1.29, 1.82) is 0 Å². The van der Waals surface area contributed by atoms with Crippen molar-refractivity contribution < 1.29 is 9.90 Å². The Kier molecular flexibility index (Phi) is 4.53. The number of phenolic OH excluding ortho intramolecular Hbond substituents is 1. The summed E-state index contributed by atoms with van der Waals surface area (Å²) in [6.07, 6.45) is 3.48. The second kappa shape index (κ2) is 7.29. The van der Waals surface area contributed by atoms with Gasteiger partial charge < -0.3 is 9.67 Å². The fraction of sp³-hybridized carbons (Fsp3) is 0.0952. The van der Waals surface area contributed by atoms with Gasteiger partial charge in [0.15, 0.2) is 0 Å². The largest absolute Gasteiger partial charge is 0.507 e. The van der Waals surface area contributed by atoms with Crippen molar-refractivity contribution in [3.8, 4) is 5.75 Å². The predicted octanol–water partition coefficient (Wildman–Crippen LogP) is 3.44. The van der Waals surface area contributed by atoms with Crippen LogP contribution in [0.4, 0.5) is 0 Å². The van der Waals surface area contributed by atoms with Crippen LogP contribution in [-0.4, -0.2) is 26.8 Å². The number of nitrogens with one attached hydrogen (secondary N) is 1. The fourth-order valence-electron chi connectivity index (χ4n) is 3.05. The Labute approximate surface area is 155 Å². The summed E-state index contributed by atoms with van der Waals surface area (Å²) >= 11 is 0. The summed E-state index contributed by atoms with van der Waals surface area (Å²) in [5.74, 6) is -0.0830. The maximum absolute atomic E-state index is 12.1. The molecule has 0 aliphatic carbocycles. The molecule has 0 fully saturated rings. The summed E-state index contributed by atoms with van der Waals surface area (Å²) in [5, 5.41) is 16.0. The monoisotopic (exact) mass is 358 g/mol. The molecule has 0 saturated carbocycles. The molecule has 1 heterocycles. The van der Waals surface area contributed by atoms with E-state index >= 15 is 0 Å². The highest BCUT2D eigenvalue weighted by Crippen LogP contribution is 2.25. The molecule has 0 aliphatic rings. The molecule has 0 saturated heterocycles. The summed E-state index contributed by atoms with van der Waals surface area (Å²) in [7, 11) is 0. The number of aryl methyl sites for hydroxylation is 1. The number of fused-ring (bicyclic) bond motifs is 2. The van der Waals surface area contributed by atoms with Crippen molar-refractivity contribution in [2.24, 2.45) is 5.10 Å². The number of aromatic nitrogens is 2. The Morgan fingerprint density at radius 2 is 1.93 bits per heavy atom. The van der Waals surface area contributed by atoms with E-state index < -0.39 is 0 Å². The number of phenols is 1. The number of carbonyl (C=O) groups excluding carboxylic acids is 1. The minimum Gasteiger partial charge on any atom is -0.507 e. The second-order valence-corrected chi connectivity index (χ2v) is 6.19. The van der Waals surface area contributed by atoms with Gasteiger partial charge in [0, 0.05) is 18.5 Å². The van der Waals surface area contributed by atoms with E-state index in [2.05, 4.69) is 15.5 Å². The molecule has 4 aromatic rings. The van der Waals surface area contributed by atoms with Crippen LogP contribution >= 0.6 is 0 Å². The van der Waals surface area contributed by atoms with Crippen LogP contribution in [0.3, 0.4) is 0 Å². The van der Waals surface area contributed by atoms with E-state index in [0.717, 1.165) is 21.8 Å². The molecule has 0 spiro atoms. The molecule has 6 heteroatoms. The molecule has 0 radical (unpaired) electrons. The Morgan fingerprint density at radius 3 is 2.85 bits per heavy atom. The molecule has 134 valence electrons. The average molecular weight is 358 g/mol. The van der Waals surface area contributed by atoms with Crippen molar-refractivity contribution in [3.05, 3.63) is 72.6 Å². The van der Waals surface area contributed by atoms with E-state index in [4.69, 9.17) is 0 Å². The van der Waals surface area contributed by atoms with Crippen molar-refractivity contribution >= 4 is 33.9 Å². The lowest BCUT2D eigenvalue weighted by atomic mass is 10.0. The highest BCUT2D eigenvalue weighted by Gasteiger charge is 2.06. The van der Waals surface area contributed by atoms with E-state index in [9.17, 15) is 9.90 Å². The Hall–Kier alpha value is -3.67. The van der Waals surface area contributed by atoms with Crippen LogP contribution in [0.2, 0.25) is 0 Å². The Balaban J connectivity index is 1.42. The molecule has 0 atom stereocenters. The number of para-hydroxylation sites is 2. The average Bonchev–Trinajstić information content (AvgIpc) is 3.11. The zero-order valence-corrected chi connectivity index (χ0v) is 14.5. The summed E-state index contributed by atoms with van der Waals surface area (Å²) in [6.45, 7) is 0.515. The van der Waals surface area contributed by atoms with Gasteiger partial charge in [-0.1, -0.05) is 42.5 Å². The molecular formula is C21H18N4O2. The molecule has 3 aromatic carbocycles. The number of hydrazone groups is 1. The van der Waals surface area contributed by atoms with Gasteiger partial charge in [0.2, 0.25) is 5.91 Å². The molecule has 1 amide bonds. The van der Waals surface area contributed by atoms with E-state index in [1.54, 1.807) is 12.4 Å². The van der Waals surface area contributed by atoms with E-state index in [1.807, 2.05) is 59.2 Å². The lowest BCUT2D eigenvalue weighted by Crippen LogP contribution is -2.19. The lowest BCUT2D eigenvalue weighted by Gasteiger charge is -2.05. The number of carbonyl (C=O) groups is 1. The topological polar surface area (TPSA) is 79.5 Å². The highest BCUT2D eigenvalue weighted by atomic mass is 16.3. The third-order valence-corrected chi connectivity index (χ3v) is 4.44. The first-order valence-corrected chi connectivity index (χ1v) is 8.65. The van der Waals surface area contributed by atoms with Gasteiger partial charge in [-0.15, -0.1) is 0 Å². The molecule has 27 heavy (non-hydrogen) atoms. The quantitative estimate of drug-likeness (QED) is 0.424. The SMILES string of the molecule is O=C(CCn1cnc2ccccc21)NN=Cc1c(O)ccc2ccccc12. The third kappa shape index (κ3) is 3.50. The normalized spacial score (nSPS) is 11.4. The van der Waals surface area contributed by atoms with E-state index in [1.165, 1.54) is 6.21 Å². The number of nitrogens with zero attached hydrogens (tertiary/aromatic N) is 3. The summed E-state index contributed by atoms with van der Waals surface area (Å²) in [4.78, 5) is 16.4. The fourth-order valence-corrected chi connectivity index (χ4v) is 3.05. The van der Waals surface area contributed by atoms with Gasteiger partial charge in [-0.3, -0.25) is 4.79 Å². The molecule has 4 rings (SSSR count). The van der Waals surface area contributed by atoms with Crippen LogP contribution in [-0.2, 0) is 11.3 Å². The molecule has 0 aliphatic heterocycles. The number of amides is 1. The van der Waals surface area contributed by atoms with Crippen LogP contribution in [0.25, 0.3) is 21.8 Å². The molecular weight excluding hydrogens is 340 g/mol. The van der Waals surface area contributed by atoms with Crippen LogP contribution < -0.4 is 5.43 Å². The summed E-state index contributed by atoms with van der Waals surface area (Å²) < 4.78 is 1.94. The maximum atomic E-state index is 12.1. The molecule has 1 aromatic heterocycles. The van der Waals surface area contributed by atoms with Gasteiger partial charge in [-0.05, 0) is 29.0 Å². The standard InChI is InChI=1S/C21H18N4O2/c26-20-10-9-15-5-1-2-6-16(15)17(20)13-23-24-21(27)11-12-25-14-22-18-7-3-4-8-19(18)25/h1-10,13-14,26H,11-12H2,(H,24,27). The minimum absolute atomic E-state index is 0.122. The number of rotatable bonds is 5. The first-order chi connectivity index (χ1) is 13.2. The Bertz CT molecular complexity index is 1150. The number of hydrogen-bond donors (Lipinski definition) is 2. The van der Waals surface area contributed by atoms with Gasteiger partial charge in [-0.2, -0.15) is 5.10 Å².